The highest BCUT2D eigenvalue weighted by atomic mass is 32.2. The number of nitrogens with zero attached hydrogens (tertiary/aromatic N) is 6. The first-order valence-corrected chi connectivity index (χ1v) is 12.7. The maximum Gasteiger partial charge on any atom is 0.573 e. The number of carbonyl (C=O) groups excluding carboxylic acids is 1. The number of rotatable bonds is 6. The number of alkyl halides is 3. The van der Waals surface area contributed by atoms with Gasteiger partial charge in [-0.3, -0.25) is 4.79 Å². The van der Waals surface area contributed by atoms with Gasteiger partial charge < -0.3 is 4.74 Å². The van der Waals surface area contributed by atoms with Gasteiger partial charge in [0, 0.05) is 5.56 Å². The van der Waals surface area contributed by atoms with Gasteiger partial charge in [0.2, 0.25) is 0 Å². The van der Waals surface area contributed by atoms with Gasteiger partial charge in [-0.05, 0) is 54.8 Å². The van der Waals surface area contributed by atoms with E-state index < -0.39 is 6.36 Å². The van der Waals surface area contributed by atoms with Gasteiger partial charge in [0.15, 0.2) is 11.0 Å². The van der Waals surface area contributed by atoms with Crippen LogP contribution in [0.25, 0.3) is 17.1 Å². The third-order valence-electron chi connectivity index (χ3n) is 5.71. The lowest BCUT2D eigenvalue weighted by Gasteiger charge is -2.11. The number of para-hydroxylation sites is 1. The lowest BCUT2D eigenvalue weighted by atomic mass is 10.1. The summed E-state index contributed by atoms with van der Waals surface area (Å²) >= 11 is 1.35. The van der Waals surface area contributed by atoms with E-state index in [2.05, 4.69) is 19.9 Å². The summed E-state index contributed by atoms with van der Waals surface area (Å²) in [6.07, 6.45) is -1.69. The van der Waals surface area contributed by atoms with E-state index in [1.165, 1.54) is 52.0 Å². The number of hydrogen-bond donors (Lipinski definition) is 0. The fourth-order valence-corrected chi connectivity index (χ4v) is 4.59. The normalized spacial score (nSPS) is 15.1. The second-order valence-corrected chi connectivity index (χ2v) is 9.49. The van der Waals surface area contributed by atoms with Gasteiger partial charge >= 0.3 is 6.36 Å². The van der Waals surface area contributed by atoms with E-state index in [4.69, 9.17) is 4.99 Å². The molecular weight excluding hydrogens is 529 g/mol. The Morgan fingerprint density at radius 2 is 1.69 bits per heavy atom. The number of halogens is 3. The highest BCUT2D eigenvalue weighted by Crippen LogP contribution is 2.29. The molecule has 198 valence electrons. The molecule has 5 rings (SSSR count). The van der Waals surface area contributed by atoms with Crippen molar-refractivity contribution in [3.8, 4) is 22.8 Å². The minimum atomic E-state index is -4.75. The second kappa shape index (κ2) is 10.7. The average molecular weight is 551 g/mol. The molecule has 8 nitrogen and oxygen atoms in total. The summed E-state index contributed by atoms with van der Waals surface area (Å²) in [7, 11) is 0. The van der Waals surface area contributed by atoms with Crippen LogP contribution < -0.4 is 4.74 Å². The molecule has 1 aliphatic rings. The minimum Gasteiger partial charge on any atom is -0.406 e. The van der Waals surface area contributed by atoms with E-state index in [1.807, 2.05) is 56.3 Å². The molecule has 1 amide bonds. The lowest BCUT2D eigenvalue weighted by Crippen LogP contribution is -2.23. The molecule has 0 N–H and O–H groups in total. The van der Waals surface area contributed by atoms with Crippen LogP contribution in [0.15, 0.2) is 83.2 Å². The van der Waals surface area contributed by atoms with Crippen LogP contribution in [-0.4, -0.2) is 49.2 Å². The number of thioether (sulfide) groups is 1. The predicted molar refractivity (Wildman–Crippen MR) is 143 cm³/mol. The fraction of sp³-hybridized carbons (Fsp3) is 0.148. The maximum atomic E-state index is 12.4. The quantitative estimate of drug-likeness (QED) is 0.273. The van der Waals surface area contributed by atoms with Crippen LogP contribution in [0.5, 0.6) is 5.75 Å². The Kier molecular flexibility index (Phi) is 7.20. The molecule has 0 aliphatic carbocycles. The van der Waals surface area contributed by atoms with Crippen LogP contribution in [-0.2, 0) is 4.79 Å². The zero-order chi connectivity index (χ0) is 27.6. The summed E-state index contributed by atoms with van der Waals surface area (Å²) in [6.45, 7) is 3.95. The number of aliphatic imine (C=N–C) groups is 1. The van der Waals surface area contributed by atoms with Gasteiger partial charge in [-0.2, -0.15) is 10.1 Å². The molecule has 2 heterocycles. The van der Waals surface area contributed by atoms with Gasteiger partial charge in [-0.25, -0.2) is 14.7 Å². The number of carbonyl (C=O) groups is 1. The Bertz CT molecular complexity index is 1540. The zero-order valence-electron chi connectivity index (χ0n) is 20.8. The van der Waals surface area contributed by atoms with Crippen LogP contribution >= 0.6 is 11.8 Å². The molecule has 1 aliphatic heterocycles. The van der Waals surface area contributed by atoms with Crippen molar-refractivity contribution in [3.05, 3.63) is 89.7 Å². The Balaban J connectivity index is 1.29. The molecule has 0 bridgehead atoms. The molecule has 1 saturated heterocycles. The Hall–Kier alpha value is -4.45. The van der Waals surface area contributed by atoms with Crippen molar-refractivity contribution in [2.75, 3.05) is 5.75 Å². The Labute approximate surface area is 225 Å². The standard InChI is InChI=1S/C27H21F3N6O2S/c1-17-4-3-5-18(2)24(17)33-26-36(23(37)15-39-26)32-14-19-6-8-20(9-7-19)25-31-16-35(34-25)21-10-12-22(13-11-21)38-27(28,29)30/h3-14,16H,15H2,1-2H3/b32-14?,33-26-. The number of benzene rings is 3. The number of aryl methyl sites for hydroxylation is 2. The fourth-order valence-electron chi connectivity index (χ4n) is 3.79. The molecule has 0 atom stereocenters. The third kappa shape index (κ3) is 6.17. The molecule has 0 saturated carbocycles. The van der Waals surface area contributed by atoms with Crippen LogP contribution in [0, 0.1) is 13.8 Å². The first-order valence-electron chi connectivity index (χ1n) is 11.7. The lowest BCUT2D eigenvalue weighted by molar-refractivity contribution is -0.274. The smallest absolute Gasteiger partial charge is 0.406 e. The van der Waals surface area contributed by atoms with E-state index in [0.29, 0.717) is 16.7 Å². The number of ether oxygens (including phenoxy) is 1. The van der Waals surface area contributed by atoms with E-state index >= 15 is 0 Å². The molecule has 12 heteroatoms. The van der Waals surface area contributed by atoms with Crippen molar-refractivity contribution < 1.29 is 22.7 Å². The molecule has 39 heavy (non-hydrogen) atoms. The number of aromatic nitrogens is 3. The molecule has 1 aromatic heterocycles. The van der Waals surface area contributed by atoms with Crippen molar-refractivity contribution in [1.29, 1.82) is 0 Å². The number of hydrazone groups is 1. The van der Waals surface area contributed by atoms with E-state index in [1.54, 1.807) is 6.21 Å². The zero-order valence-corrected chi connectivity index (χ0v) is 21.6. The maximum absolute atomic E-state index is 12.4. The van der Waals surface area contributed by atoms with Gasteiger partial charge in [0.05, 0.1) is 23.3 Å². The van der Waals surface area contributed by atoms with Gasteiger partial charge in [0.25, 0.3) is 5.91 Å². The highest BCUT2D eigenvalue weighted by Gasteiger charge is 2.31. The predicted octanol–water partition coefficient (Wildman–Crippen LogP) is 6.05. The molecule has 0 unspecified atom stereocenters. The average Bonchev–Trinajstić information content (AvgIpc) is 3.52. The SMILES string of the molecule is Cc1cccc(C)c1/N=C1\SCC(=O)N1N=Cc1ccc(-c2ncn(-c3ccc(OC(F)(F)F)cc3)n2)cc1. The number of amidine groups is 1. The third-order valence-corrected chi connectivity index (χ3v) is 6.62. The first kappa shape index (κ1) is 26.2. The summed E-state index contributed by atoms with van der Waals surface area (Å²) in [5.74, 6) is 0.238. The molecule has 1 fully saturated rings. The Morgan fingerprint density at radius 3 is 2.36 bits per heavy atom. The van der Waals surface area contributed by atoms with Crippen molar-refractivity contribution in [1.82, 2.24) is 19.8 Å². The minimum absolute atomic E-state index is 0.148. The summed E-state index contributed by atoms with van der Waals surface area (Å²) in [5, 5.41) is 10.6. The topological polar surface area (TPSA) is 85.0 Å². The summed E-state index contributed by atoms with van der Waals surface area (Å²) in [6, 6.07) is 18.5. The van der Waals surface area contributed by atoms with Crippen molar-refractivity contribution in [2.24, 2.45) is 10.1 Å². The monoisotopic (exact) mass is 550 g/mol. The van der Waals surface area contributed by atoms with Crippen molar-refractivity contribution in [3.63, 3.8) is 0 Å². The van der Waals surface area contributed by atoms with Crippen LogP contribution in [0.1, 0.15) is 16.7 Å². The van der Waals surface area contributed by atoms with Crippen LogP contribution in [0.3, 0.4) is 0 Å². The van der Waals surface area contributed by atoms with Crippen LogP contribution in [0.2, 0.25) is 0 Å². The van der Waals surface area contributed by atoms with E-state index in [0.717, 1.165) is 27.9 Å². The van der Waals surface area contributed by atoms with Gasteiger partial charge in [-0.15, -0.1) is 18.3 Å². The summed E-state index contributed by atoms with van der Waals surface area (Å²) < 4.78 is 42.5. The summed E-state index contributed by atoms with van der Waals surface area (Å²) in [5.41, 5.74) is 4.88. The molecule has 0 radical (unpaired) electrons. The van der Waals surface area contributed by atoms with E-state index in [9.17, 15) is 18.0 Å². The molecule has 0 spiro atoms. The van der Waals surface area contributed by atoms with Crippen LogP contribution in [0.4, 0.5) is 18.9 Å². The highest BCUT2D eigenvalue weighted by molar-refractivity contribution is 8.15. The Morgan fingerprint density at radius 1 is 1.00 bits per heavy atom. The largest absolute Gasteiger partial charge is 0.573 e. The van der Waals surface area contributed by atoms with E-state index in [-0.39, 0.29) is 17.4 Å². The molecular formula is C27H21F3N6O2S. The number of amides is 1. The van der Waals surface area contributed by atoms with Gasteiger partial charge in [0.1, 0.15) is 12.1 Å². The van der Waals surface area contributed by atoms with Crippen molar-refractivity contribution >= 4 is 34.7 Å². The molecule has 4 aromatic rings. The summed E-state index contributed by atoms with van der Waals surface area (Å²) in [4.78, 5) is 21.4. The molecule has 3 aromatic carbocycles. The second-order valence-electron chi connectivity index (χ2n) is 8.55. The van der Waals surface area contributed by atoms with Gasteiger partial charge in [-0.1, -0.05) is 54.2 Å². The first-order chi connectivity index (χ1) is 18.7. The number of hydrogen-bond acceptors (Lipinski definition) is 7. The van der Waals surface area contributed by atoms with Crippen molar-refractivity contribution in [2.45, 2.75) is 20.2 Å².